The van der Waals surface area contributed by atoms with E-state index in [4.69, 9.17) is 25.3 Å². The topological polar surface area (TPSA) is 137 Å². The van der Waals surface area contributed by atoms with Crippen LogP contribution in [0.4, 0.5) is 11.5 Å². The van der Waals surface area contributed by atoms with Crippen molar-refractivity contribution in [3.63, 3.8) is 0 Å². The second kappa shape index (κ2) is 7.20. The Morgan fingerprint density at radius 3 is 2.53 bits per heavy atom. The van der Waals surface area contributed by atoms with Crippen LogP contribution in [0.25, 0.3) is 33.8 Å². The van der Waals surface area contributed by atoms with Crippen LogP contribution in [0.5, 0.6) is 0 Å². The summed E-state index contributed by atoms with van der Waals surface area (Å²) in [4.78, 5) is 20.6. The monoisotopic (exact) mass is 458 g/mol. The Hall–Kier alpha value is -3.60. The number of rotatable bonds is 5. The van der Waals surface area contributed by atoms with Gasteiger partial charge in [0.05, 0.1) is 34.6 Å². The largest absolute Gasteiger partial charge is 0.383 e. The maximum absolute atomic E-state index is 6.34. The molecule has 1 aliphatic heterocycles. The van der Waals surface area contributed by atoms with Gasteiger partial charge < -0.3 is 20.5 Å². The van der Waals surface area contributed by atoms with Crippen molar-refractivity contribution in [2.45, 2.75) is 44.1 Å². The molecule has 7 rings (SSSR count). The molecular formula is C23H26N10O. The summed E-state index contributed by atoms with van der Waals surface area (Å²) >= 11 is 0. The third-order valence-corrected chi connectivity index (χ3v) is 7.21. The Balaban J connectivity index is 1.38. The van der Waals surface area contributed by atoms with Crippen molar-refractivity contribution in [2.75, 3.05) is 36.8 Å². The van der Waals surface area contributed by atoms with Gasteiger partial charge in [0.25, 0.3) is 0 Å². The zero-order chi connectivity index (χ0) is 22.9. The summed E-state index contributed by atoms with van der Waals surface area (Å²) in [6.07, 6.45) is 9.49. The third-order valence-electron chi connectivity index (χ3n) is 7.21. The molecule has 0 unspecified atom stereocenters. The van der Waals surface area contributed by atoms with Crippen molar-refractivity contribution in [1.29, 1.82) is 0 Å². The van der Waals surface area contributed by atoms with Gasteiger partial charge in [0.2, 0.25) is 0 Å². The molecule has 0 aromatic carbocycles. The smallest absolute Gasteiger partial charge is 0.165 e. The van der Waals surface area contributed by atoms with Gasteiger partial charge in [0.1, 0.15) is 23.5 Å². The van der Waals surface area contributed by atoms with E-state index in [-0.39, 0.29) is 5.54 Å². The first-order chi connectivity index (χ1) is 16.6. The molecule has 11 nitrogen and oxygen atoms in total. The van der Waals surface area contributed by atoms with E-state index in [9.17, 15) is 0 Å². The normalized spacial score (nSPS) is 19.6. The van der Waals surface area contributed by atoms with Crippen molar-refractivity contribution >= 4 is 22.5 Å². The molecule has 0 bridgehead atoms. The molecule has 2 aliphatic carbocycles. The van der Waals surface area contributed by atoms with Crippen molar-refractivity contribution in [1.82, 2.24) is 40.2 Å². The van der Waals surface area contributed by atoms with Gasteiger partial charge in [-0.1, -0.05) is 5.16 Å². The molecule has 0 amide bonds. The molecule has 3 aliphatic rings. The quantitative estimate of drug-likeness (QED) is 0.458. The number of nitrogens with two attached hydrogens (primary N) is 1. The van der Waals surface area contributed by atoms with E-state index in [1.807, 2.05) is 17.1 Å². The minimum absolute atomic E-state index is 0.0675. The summed E-state index contributed by atoms with van der Waals surface area (Å²) in [6, 6.07) is 0. The molecule has 3 fully saturated rings. The molecule has 0 radical (unpaired) electrons. The Morgan fingerprint density at radius 2 is 1.82 bits per heavy atom. The summed E-state index contributed by atoms with van der Waals surface area (Å²) in [5.74, 6) is 2.12. The van der Waals surface area contributed by atoms with Gasteiger partial charge in [-0.15, -0.1) is 0 Å². The number of fused-ring (bicyclic) bond motifs is 1. The Labute approximate surface area is 195 Å². The summed E-state index contributed by atoms with van der Waals surface area (Å²) in [6.45, 7) is 5.98. The van der Waals surface area contributed by atoms with E-state index < -0.39 is 0 Å². The fourth-order valence-corrected chi connectivity index (χ4v) is 4.75. The summed E-state index contributed by atoms with van der Waals surface area (Å²) in [5.41, 5.74) is 10.0. The molecule has 5 heterocycles. The lowest BCUT2D eigenvalue weighted by atomic mass is 10.1. The summed E-state index contributed by atoms with van der Waals surface area (Å²) in [7, 11) is 0. The van der Waals surface area contributed by atoms with Gasteiger partial charge >= 0.3 is 0 Å². The number of piperazine rings is 1. The lowest BCUT2D eigenvalue weighted by Crippen LogP contribution is -2.43. The van der Waals surface area contributed by atoms with Crippen molar-refractivity contribution in [3.05, 3.63) is 24.5 Å². The molecule has 4 aromatic heterocycles. The van der Waals surface area contributed by atoms with Gasteiger partial charge in [-0.25, -0.2) is 24.6 Å². The zero-order valence-electron chi connectivity index (χ0n) is 19.0. The SMILES string of the molecule is CC1(n2nc(-c3noc(C4CC4)c3-c3ncc(N4CCNCC4)cn3)c3c(N)ncnc32)CC1. The number of aromatic nitrogens is 7. The standard InChI is InChI=1S/C23H26N10O/c1-23(4-5-23)33-22-16(20(24)28-12-29-22)17(30-33)18-15(19(34-31-18)13-2-3-13)21-26-10-14(11-27-21)32-8-6-25-7-9-32/h10-13,25H,2-9H2,1H3,(H2,24,28,29). The fraction of sp³-hybridized carbons (Fsp3) is 0.478. The van der Waals surface area contributed by atoms with Crippen LogP contribution in [-0.2, 0) is 5.54 Å². The minimum Gasteiger partial charge on any atom is -0.383 e. The highest BCUT2D eigenvalue weighted by atomic mass is 16.5. The molecule has 1 saturated heterocycles. The minimum atomic E-state index is -0.0675. The maximum atomic E-state index is 6.34. The average Bonchev–Trinajstić information content (AvgIpc) is 3.77. The first kappa shape index (κ1) is 19.8. The van der Waals surface area contributed by atoms with Crippen LogP contribution in [0.15, 0.2) is 23.2 Å². The summed E-state index contributed by atoms with van der Waals surface area (Å²) in [5, 5.41) is 13.5. The molecule has 0 spiro atoms. The molecule has 4 aromatic rings. The second-order valence-electron chi connectivity index (χ2n) is 9.76. The Bertz CT molecular complexity index is 1380. The molecule has 174 valence electrons. The van der Waals surface area contributed by atoms with Crippen molar-refractivity contribution in [2.24, 2.45) is 0 Å². The molecule has 11 heteroatoms. The Morgan fingerprint density at radius 1 is 1.06 bits per heavy atom. The second-order valence-corrected chi connectivity index (χ2v) is 9.76. The van der Waals surface area contributed by atoms with Crippen LogP contribution in [0.2, 0.25) is 0 Å². The molecule has 0 atom stereocenters. The van der Waals surface area contributed by atoms with E-state index in [0.29, 0.717) is 34.3 Å². The predicted molar refractivity (Wildman–Crippen MR) is 126 cm³/mol. The molecule has 34 heavy (non-hydrogen) atoms. The average molecular weight is 459 g/mol. The van der Waals surface area contributed by atoms with Crippen LogP contribution < -0.4 is 16.0 Å². The number of nitrogens with one attached hydrogen (secondary N) is 1. The highest BCUT2D eigenvalue weighted by Gasteiger charge is 2.43. The van der Waals surface area contributed by atoms with Crippen LogP contribution in [0.3, 0.4) is 0 Å². The third kappa shape index (κ3) is 3.07. The van der Waals surface area contributed by atoms with E-state index in [1.54, 1.807) is 0 Å². The van der Waals surface area contributed by atoms with E-state index in [0.717, 1.165) is 74.5 Å². The number of nitrogens with zero attached hydrogens (tertiary/aromatic N) is 8. The van der Waals surface area contributed by atoms with Gasteiger partial charge in [-0.3, -0.25) is 0 Å². The van der Waals surface area contributed by atoms with Crippen LogP contribution in [-0.4, -0.2) is 61.1 Å². The molecular weight excluding hydrogens is 432 g/mol. The number of hydrogen-bond donors (Lipinski definition) is 2. The van der Waals surface area contributed by atoms with Crippen LogP contribution in [0.1, 0.15) is 44.3 Å². The maximum Gasteiger partial charge on any atom is 0.165 e. The van der Waals surface area contributed by atoms with Crippen LogP contribution in [0, 0.1) is 0 Å². The van der Waals surface area contributed by atoms with Gasteiger partial charge in [0.15, 0.2) is 17.2 Å². The highest BCUT2D eigenvalue weighted by molar-refractivity contribution is 6.00. The van der Waals surface area contributed by atoms with Gasteiger partial charge in [-0.2, -0.15) is 5.10 Å². The fourth-order valence-electron chi connectivity index (χ4n) is 4.75. The first-order valence-corrected chi connectivity index (χ1v) is 11.9. The molecule has 3 N–H and O–H groups in total. The van der Waals surface area contributed by atoms with Crippen molar-refractivity contribution in [3.8, 4) is 22.8 Å². The Kier molecular flexibility index (Phi) is 4.20. The van der Waals surface area contributed by atoms with Gasteiger partial charge in [0, 0.05) is 32.1 Å². The predicted octanol–water partition coefficient (Wildman–Crippen LogP) is 2.32. The number of hydrogen-bond acceptors (Lipinski definition) is 10. The highest BCUT2D eigenvalue weighted by Crippen LogP contribution is 2.49. The van der Waals surface area contributed by atoms with Crippen LogP contribution >= 0.6 is 0 Å². The van der Waals surface area contributed by atoms with E-state index in [1.165, 1.54) is 6.33 Å². The zero-order valence-corrected chi connectivity index (χ0v) is 19.0. The van der Waals surface area contributed by atoms with E-state index >= 15 is 0 Å². The van der Waals surface area contributed by atoms with E-state index in [2.05, 4.69) is 32.3 Å². The van der Waals surface area contributed by atoms with Crippen molar-refractivity contribution < 1.29 is 4.52 Å². The lowest BCUT2D eigenvalue weighted by molar-refractivity contribution is 0.386. The summed E-state index contributed by atoms with van der Waals surface area (Å²) < 4.78 is 7.87. The lowest BCUT2D eigenvalue weighted by Gasteiger charge is -2.28. The first-order valence-electron chi connectivity index (χ1n) is 11.9. The number of nitrogen functional groups attached to an aromatic ring is 1. The number of anilines is 2. The van der Waals surface area contributed by atoms with Gasteiger partial charge in [-0.05, 0) is 32.6 Å². The molecule has 2 saturated carbocycles.